The summed E-state index contributed by atoms with van der Waals surface area (Å²) in [5.74, 6) is 0.833. The standard InChI is InChI=1S/C22H27FN2O4/c1-16(29-20-9-7-19(27-2)8-10-20)22(26)24-15-21(25-11-13-28-14-12-25)17-3-5-18(23)6-4-17/h3-10,16,21H,11-15H2,1-2H3,(H,24,26). The molecular formula is C22H27FN2O4. The molecule has 1 amide bonds. The van der Waals surface area contributed by atoms with Crippen LogP contribution in [0.1, 0.15) is 18.5 Å². The number of benzene rings is 2. The first-order chi connectivity index (χ1) is 14.1. The summed E-state index contributed by atoms with van der Waals surface area (Å²) in [6.45, 7) is 4.92. The zero-order chi connectivity index (χ0) is 20.6. The van der Waals surface area contributed by atoms with E-state index in [-0.39, 0.29) is 17.8 Å². The molecule has 0 aromatic heterocycles. The molecule has 0 saturated carbocycles. The minimum atomic E-state index is -0.651. The first kappa shape index (κ1) is 21.1. The molecule has 0 aliphatic carbocycles. The summed E-state index contributed by atoms with van der Waals surface area (Å²) in [5, 5.41) is 2.97. The summed E-state index contributed by atoms with van der Waals surface area (Å²) in [6.07, 6.45) is -0.651. The maximum atomic E-state index is 13.3. The Morgan fingerprint density at radius 1 is 1.10 bits per heavy atom. The molecule has 29 heavy (non-hydrogen) atoms. The molecule has 1 heterocycles. The van der Waals surface area contributed by atoms with Gasteiger partial charge in [-0.2, -0.15) is 0 Å². The van der Waals surface area contributed by atoms with Crippen molar-refractivity contribution in [1.29, 1.82) is 0 Å². The molecule has 2 aromatic rings. The van der Waals surface area contributed by atoms with E-state index in [1.165, 1.54) is 12.1 Å². The lowest BCUT2D eigenvalue weighted by Gasteiger charge is -2.35. The highest BCUT2D eigenvalue weighted by Crippen LogP contribution is 2.22. The van der Waals surface area contributed by atoms with Gasteiger partial charge < -0.3 is 19.5 Å². The first-order valence-electron chi connectivity index (χ1n) is 9.72. The van der Waals surface area contributed by atoms with Crippen LogP contribution in [0.5, 0.6) is 11.5 Å². The molecule has 2 unspecified atom stereocenters. The fourth-order valence-electron chi connectivity index (χ4n) is 3.28. The number of nitrogens with zero attached hydrogens (tertiary/aromatic N) is 1. The van der Waals surface area contributed by atoms with Crippen molar-refractivity contribution in [3.8, 4) is 11.5 Å². The molecule has 156 valence electrons. The second kappa shape index (κ2) is 10.2. The van der Waals surface area contributed by atoms with E-state index in [0.717, 1.165) is 24.4 Å². The maximum Gasteiger partial charge on any atom is 0.260 e. The Balaban J connectivity index is 1.61. The first-order valence-corrected chi connectivity index (χ1v) is 9.72. The van der Waals surface area contributed by atoms with Crippen LogP contribution in [-0.4, -0.2) is 56.9 Å². The molecule has 7 heteroatoms. The van der Waals surface area contributed by atoms with Gasteiger partial charge >= 0.3 is 0 Å². The zero-order valence-electron chi connectivity index (χ0n) is 16.8. The van der Waals surface area contributed by atoms with Gasteiger partial charge in [-0.25, -0.2) is 4.39 Å². The highest BCUT2D eigenvalue weighted by Gasteiger charge is 2.24. The molecule has 1 fully saturated rings. The maximum absolute atomic E-state index is 13.3. The van der Waals surface area contributed by atoms with E-state index in [9.17, 15) is 9.18 Å². The van der Waals surface area contributed by atoms with Crippen molar-refractivity contribution >= 4 is 5.91 Å². The van der Waals surface area contributed by atoms with Gasteiger partial charge in [0.1, 0.15) is 17.3 Å². The topological polar surface area (TPSA) is 60.0 Å². The molecule has 1 saturated heterocycles. The fourth-order valence-corrected chi connectivity index (χ4v) is 3.28. The SMILES string of the molecule is COc1ccc(OC(C)C(=O)NCC(c2ccc(F)cc2)N2CCOCC2)cc1. The van der Waals surface area contributed by atoms with Crippen LogP contribution in [0, 0.1) is 5.82 Å². The van der Waals surface area contributed by atoms with Gasteiger partial charge in [-0.05, 0) is 48.9 Å². The van der Waals surface area contributed by atoms with Gasteiger partial charge in [0, 0.05) is 19.6 Å². The Bertz CT molecular complexity index is 776. The average Bonchev–Trinajstić information content (AvgIpc) is 2.76. The number of rotatable bonds is 8. The number of hydrogen-bond donors (Lipinski definition) is 1. The lowest BCUT2D eigenvalue weighted by atomic mass is 10.0. The van der Waals surface area contributed by atoms with Crippen molar-refractivity contribution in [1.82, 2.24) is 10.2 Å². The van der Waals surface area contributed by atoms with Crippen molar-refractivity contribution in [2.24, 2.45) is 0 Å². The second-order valence-corrected chi connectivity index (χ2v) is 6.90. The van der Waals surface area contributed by atoms with Crippen molar-refractivity contribution in [2.45, 2.75) is 19.1 Å². The van der Waals surface area contributed by atoms with E-state index in [1.807, 2.05) is 0 Å². The summed E-state index contributed by atoms with van der Waals surface area (Å²) < 4.78 is 29.6. The quantitative estimate of drug-likeness (QED) is 0.736. The summed E-state index contributed by atoms with van der Waals surface area (Å²) in [5.41, 5.74) is 0.956. The molecule has 1 aliphatic rings. The number of carbonyl (C=O) groups is 1. The molecule has 1 aliphatic heterocycles. The normalized spacial score (nSPS) is 16.7. The highest BCUT2D eigenvalue weighted by atomic mass is 19.1. The Labute approximate surface area is 170 Å². The Kier molecular flexibility index (Phi) is 7.43. The molecule has 2 atom stereocenters. The summed E-state index contributed by atoms with van der Waals surface area (Å²) in [6, 6.07) is 13.4. The minimum Gasteiger partial charge on any atom is -0.497 e. The number of carbonyl (C=O) groups excluding carboxylic acids is 1. The third-order valence-electron chi connectivity index (χ3n) is 4.95. The van der Waals surface area contributed by atoms with Crippen molar-refractivity contribution in [2.75, 3.05) is 40.0 Å². The Hall–Kier alpha value is -2.64. The summed E-state index contributed by atoms with van der Waals surface area (Å²) >= 11 is 0. The monoisotopic (exact) mass is 402 g/mol. The number of morpholine rings is 1. The van der Waals surface area contributed by atoms with E-state index < -0.39 is 6.10 Å². The molecule has 2 aromatic carbocycles. The molecule has 1 N–H and O–H groups in total. The van der Waals surface area contributed by atoms with Gasteiger partial charge in [-0.1, -0.05) is 12.1 Å². The predicted molar refractivity (Wildman–Crippen MR) is 108 cm³/mol. The molecule has 0 spiro atoms. The lowest BCUT2D eigenvalue weighted by molar-refractivity contribution is -0.127. The average molecular weight is 402 g/mol. The van der Waals surface area contributed by atoms with Crippen molar-refractivity contribution in [3.05, 3.63) is 59.9 Å². The molecule has 0 bridgehead atoms. The van der Waals surface area contributed by atoms with Crippen LogP contribution >= 0.6 is 0 Å². The Morgan fingerprint density at radius 3 is 2.34 bits per heavy atom. The Morgan fingerprint density at radius 2 is 1.72 bits per heavy atom. The molecule has 0 radical (unpaired) electrons. The van der Waals surface area contributed by atoms with Crippen molar-refractivity contribution < 1.29 is 23.4 Å². The van der Waals surface area contributed by atoms with E-state index in [4.69, 9.17) is 14.2 Å². The summed E-state index contributed by atoms with van der Waals surface area (Å²) in [7, 11) is 1.60. The van der Waals surface area contributed by atoms with E-state index in [0.29, 0.717) is 25.5 Å². The highest BCUT2D eigenvalue weighted by molar-refractivity contribution is 5.80. The van der Waals surface area contributed by atoms with Gasteiger partial charge in [-0.15, -0.1) is 0 Å². The fraction of sp³-hybridized carbons (Fsp3) is 0.409. The van der Waals surface area contributed by atoms with E-state index in [1.54, 1.807) is 50.4 Å². The van der Waals surface area contributed by atoms with Crippen LogP contribution in [-0.2, 0) is 9.53 Å². The minimum absolute atomic E-state index is 0.0587. The third-order valence-corrected chi connectivity index (χ3v) is 4.95. The third kappa shape index (κ3) is 5.92. The number of hydrogen-bond acceptors (Lipinski definition) is 5. The second-order valence-electron chi connectivity index (χ2n) is 6.90. The number of methoxy groups -OCH3 is 1. The smallest absolute Gasteiger partial charge is 0.260 e. The molecule has 6 nitrogen and oxygen atoms in total. The van der Waals surface area contributed by atoms with Crippen LogP contribution in [0.2, 0.25) is 0 Å². The van der Waals surface area contributed by atoms with Gasteiger partial charge in [0.2, 0.25) is 0 Å². The van der Waals surface area contributed by atoms with Gasteiger partial charge in [-0.3, -0.25) is 9.69 Å². The zero-order valence-corrected chi connectivity index (χ0v) is 16.8. The van der Waals surface area contributed by atoms with E-state index in [2.05, 4.69) is 10.2 Å². The van der Waals surface area contributed by atoms with Gasteiger partial charge in [0.25, 0.3) is 5.91 Å². The van der Waals surface area contributed by atoms with Crippen LogP contribution in [0.25, 0.3) is 0 Å². The predicted octanol–water partition coefficient (Wildman–Crippen LogP) is 2.79. The van der Waals surface area contributed by atoms with E-state index >= 15 is 0 Å². The van der Waals surface area contributed by atoms with Crippen LogP contribution in [0.4, 0.5) is 4.39 Å². The van der Waals surface area contributed by atoms with Crippen LogP contribution < -0.4 is 14.8 Å². The number of nitrogens with one attached hydrogen (secondary N) is 1. The van der Waals surface area contributed by atoms with Crippen LogP contribution in [0.15, 0.2) is 48.5 Å². The van der Waals surface area contributed by atoms with Crippen molar-refractivity contribution in [3.63, 3.8) is 0 Å². The molecular weight excluding hydrogens is 375 g/mol. The number of amides is 1. The lowest BCUT2D eigenvalue weighted by Crippen LogP contribution is -2.45. The number of ether oxygens (including phenoxy) is 3. The van der Waals surface area contributed by atoms with Gasteiger partial charge in [0.15, 0.2) is 6.10 Å². The number of halogens is 1. The summed E-state index contributed by atoms with van der Waals surface area (Å²) in [4.78, 5) is 14.8. The molecule has 3 rings (SSSR count). The van der Waals surface area contributed by atoms with Gasteiger partial charge in [0.05, 0.1) is 26.4 Å². The van der Waals surface area contributed by atoms with Crippen LogP contribution in [0.3, 0.4) is 0 Å². The largest absolute Gasteiger partial charge is 0.497 e.